The van der Waals surface area contributed by atoms with E-state index in [9.17, 15) is 23.2 Å². The molecule has 0 aliphatic heterocycles. The van der Waals surface area contributed by atoms with Crippen molar-refractivity contribution in [2.24, 2.45) is 5.10 Å². The standard InChI is InChI=1S/C24H18F3N3O3/c1-32-22-11-16(9-10-21(22)33-15-19-6-3-2-5-18(19)13-28)14-29-30-23(31)17-7-4-8-20(12-17)24(25,26)27/h2-12,14H,15H2,1H3,(H,30,31). The Morgan fingerprint density at radius 2 is 1.88 bits per heavy atom. The molecular weight excluding hydrogens is 435 g/mol. The summed E-state index contributed by atoms with van der Waals surface area (Å²) in [7, 11) is 1.46. The Kier molecular flexibility index (Phi) is 7.31. The Morgan fingerprint density at radius 1 is 1.09 bits per heavy atom. The molecule has 1 N–H and O–H groups in total. The second kappa shape index (κ2) is 10.3. The van der Waals surface area contributed by atoms with Gasteiger partial charge in [0.1, 0.15) is 6.61 Å². The maximum absolute atomic E-state index is 12.8. The highest BCUT2D eigenvalue weighted by Crippen LogP contribution is 2.30. The van der Waals surface area contributed by atoms with E-state index in [1.807, 2.05) is 6.07 Å². The first-order chi connectivity index (χ1) is 15.8. The van der Waals surface area contributed by atoms with Gasteiger partial charge in [0.15, 0.2) is 11.5 Å². The van der Waals surface area contributed by atoms with E-state index in [4.69, 9.17) is 9.47 Å². The lowest BCUT2D eigenvalue weighted by atomic mass is 10.1. The maximum atomic E-state index is 12.8. The molecule has 0 unspecified atom stereocenters. The first-order valence-electron chi connectivity index (χ1n) is 9.61. The number of methoxy groups -OCH3 is 1. The van der Waals surface area contributed by atoms with Crippen LogP contribution in [0.5, 0.6) is 11.5 Å². The van der Waals surface area contributed by atoms with Gasteiger partial charge in [-0.05, 0) is 48.0 Å². The first-order valence-corrected chi connectivity index (χ1v) is 9.61. The lowest BCUT2D eigenvalue weighted by Gasteiger charge is -2.12. The van der Waals surface area contributed by atoms with Crippen LogP contribution in [-0.4, -0.2) is 19.2 Å². The van der Waals surface area contributed by atoms with Crippen molar-refractivity contribution < 1.29 is 27.4 Å². The van der Waals surface area contributed by atoms with Gasteiger partial charge < -0.3 is 9.47 Å². The molecular formula is C24H18F3N3O3. The minimum absolute atomic E-state index is 0.166. The van der Waals surface area contributed by atoms with E-state index in [0.29, 0.717) is 22.6 Å². The molecule has 0 radical (unpaired) electrons. The van der Waals surface area contributed by atoms with Crippen LogP contribution in [0.3, 0.4) is 0 Å². The number of nitrogens with one attached hydrogen (secondary N) is 1. The molecule has 0 spiro atoms. The molecule has 9 heteroatoms. The van der Waals surface area contributed by atoms with Crippen LogP contribution in [0.1, 0.15) is 32.6 Å². The molecule has 3 aromatic carbocycles. The zero-order valence-electron chi connectivity index (χ0n) is 17.4. The van der Waals surface area contributed by atoms with Crippen LogP contribution < -0.4 is 14.9 Å². The molecule has 0 fully saturated rings. The topological polar surface area (TPSA) is 83.7 Å². The summed E-state index contributed by atoms with van der Waals surface area (Å²) >= 11 is 0. The molecule has 33 heavy (non-hydrogen) atoms. The fourth-order valence-electron chi connectivity index (χ4n) is 2.86. The molecule has 0 saturated heterocycles. The number of hydrogen-bond acceptors (Lipinski definition) is 5. The SMILES string of the molecule is COc1cc(C=NNC(=O)c2cccc(C(F)(F)F)c2)ccc1OCc1ccccc1C#N. The van der Waals surface area contributed by atoms with E-state index < -0.39 is 17.6 Å². The fraction of sp³-hybridized carbons (Fsp3) is 0.125. The number of hydrazone groups is 1. The maximum Gasteiger partial charge on any atom is 0.416 e. The number of hydrogen-bond donors (Lipinski definition) is 1. The number of alkyl halides is 3. The second-order valence-corrected chi connectivity index (χ2v) is 6.75. The molecule has 0 atom stereocenters. The third-order valence-electron chi connectivity index (χ3n) is 4.54. The summed E-state index contributed by atoms with van der Waals surface area (Å²) < 4.78 is 49.5. The van der Waals surface area contributed by atoms with Gasteiger partial charge in [-0.25, -0.2) is 5.43 Å². The quantitative estimate of drug-likeness (QED) is 0.406. The molecule has 0 aliphatic rings. The fourth-order valence-corrected chi connectivity index (χ4v) is 2.86. The zero-order chi connectivity index (χ0) is 23.8. The van der Waals surface area contributed by atoms with Crippen LogP contribution in [0.15, 0.2) is 71.8 Å². The summed E-state index contributed by atoms with van der Waals surface area (Å²) in [5, 5.41) is 13.0. The number of rotatable bonds is 7. The Hall–Kier alpha value is -4.32. The van der Waals surface area contributed by atoms with Gasteiger partial charge in [-0.3, -0.25) is 4.79 Å². The smallest absolute Gasteiger partial charge is 0.416 e. The lowest BCUT2D eigenvalue weighted by molar-refractivity contribution is -0.137. The van der Waals surface area contributed by atoms with Crippen LogP contribution in [0.2, 0.25) is 0 Å². The average Bonchev–Trinajstić information content (AvgIpc) is 2.82. The predicted molar refractivity (Wildman–Crippen MR) is 115 cm³/mol. The first kappa shape index (κ1) is 23.3. The predicted octanol–water partition coefficient (Wildman–Crippen LogP) is 4.93. The summed E-state index contributed by atoms with van der Waals surface area (Å²) in [5.41, 5.74) is 2.91. The van der Waals surface area contributed by atoms with Crippen LogP contribution >= 0.6 is 0 Å². The van der Waals surface area contributed by atoms with E-state index >= 15 is 0 Å². The average molecular weight is 453 g/mol. The zero-order valence-corrected chi connectivity index (χ0v) is 17.4. The number of ether oxygens (including phenoxy) is 2. The molecule has 168 valence electrons. The highest BCUT2D eigenvalue weighted by molar-refractivity contribution is 5.95. The van der Waals surface area contributed by atoms with E-state index in [0.717, 1.165) is 23.8 Å². The third kappa shape index (κ3) is 6.11. The van der Waals surface area contributed by atoms with Gasteiger partial charge in [0, 0.05) is 11.1 Å². The van der Waals surface area contributed by atoms with E-state index in [2.05, 4.69) is 16.6 Å². The molecule has 0 saturated carbocycles. The second-order valence-electron chi connectivity index (χ2n) is 6.75. The van der Waals surface area contributed by atoms with Gasteiger partial charge in [0.05, 0.1) is 30.5 Å². The van der Waals surface area contributed by atoms with Gasteiger partial charge in [0.25, 0.3) is 5.91 Å². The Morgan fingerprint density at radius 3 is 2.61 bits per heavy atom. The normalized spacial score (nSPS) is 11.1. The molecule has 0 bridgehead atoms. The molecule has 3 aromatic rings. The summed E-state index contributed by atoms with van der Waals surface area (Å²) in [5.74, 6) is 0.0633. The highest BCUT2D eigenvalue weighted by atomic mass is 19.4. The summed E-state index contributed by atoms with van der Waals surface area (Å²) in [6.45, 7) is 0.167. The van der Waals surface area contributed by atoms with Crippen molar-refractivity contribution in [2.45, 2.75) is 12.8 Å². The summed E-state index contributed by atoms with van der Waals surface area (Å²) in [4.78, 5) is 12.1. The van der Waals surface area contributed by atoms with Crippen molar-refractivity contribution in [3.63, 3.8) is 0 Å². The van der Waals surface area contributed by atoms with Crippen molar-refractivity contribution in [2.75, 3.05) is 7.11 Å². The monoisotopic (exact) mass is 453 g/mol. The van der Waals surface area contributed by atoms with E-state index in [1.165, 1.54) is 19.4 Å². The van der Waals surface area contributed by atoms with Gasteiger partial charge in [-0.1, -0.05) is 24.3 Å². The number of carbonyl (C=O) groups is 1. The van der Waals surface area contributed by atoms with Crippen molar-refractivity contribution in [3.8, 4) is 17.6 Å². The summed E-state index contributed by atoms with van der Waals surface area (Å²) in [6, 6.07) is 18.1. The van der Waals surface area contributed by atoms with Crippen molar-refractivity contribution in [1.29, 1.82) is 5.26 Å². The molecule has 3 rings (SSSR count). The molecule has 0 aromatic heterocycles. The Bertz CT molecular complexity index is 1220. The van der Waals surface area contributed by atoms with Gasteiger partial charge in [-0.2, -0.15) is 23.5 Å². The molecule has 0 heterocycles. The van der Waals surface area contributed by atoms with Gasteiger partial charge in [0.2, 0.25) is 0 Å². The number of benzene rings is 3. The number of halogens is 3. The van der Waals surface area contributed by atoms with Gasteiger partial charge in [-0.15, -0.1) is 0 Å². The van der Waals surface area contributed by atoms with Gasteiger partial charge >= 0.3 is 6.18 Å². The number of amides is 1. The number of carbonyl (C=O) groups excluding carboxylic acids is 1. The summed E-state index contributed by atoms with van der Waals surface area (Å²) in [6.07, 6.45) is -3.22. The van der Waals surface area contributed by atoms with E-state index in [-0.39, 0.29) is 12.2 Å². The largest absolute Gasteiger partial charge is 0.493 e. The minimum Gasteiger partial charge on any atom is -0.493 e. The van der Waals surface area contributed by atoms with Crippen LogP contribution in [0.4, 0.5) is 13.2 Å². The lowest BCUT2D eigenvalue weighted by Crippen LogP contribution is -2.18. The molecule has 6 nitrogen and oxygen atoms in total. The molecule has 0 aliphatic carbocycles. The Balaban J connectivity index is 1.66. The molecule has 1 amide bonds. The van der Waals surface area contributed by atoms with Crippen LogP contribution in [0, 0.1) is 11.3 Å². The highest BCUT2D eigenvalue weighted by Gasteiger charge is 2.30. The Labute approximate surface area is 187 Å². The number of nitrogens with zero attached hydrogens (tertiary/aromatic N) is 2. The van der Waals surface area contributed by atoms with E-state index in [1.54, 1.807) is 36.4 Å². The minimum atomic E-state index is -4.55. The number of nitriles is 1. The van der Waals surface area contributed by atoms with Crippen LogP contribution in [-0.2, 0) is 12.8 Å². The third-order valence-corrected chi connectivity index (χ3v) is 4.54. The van der Waals surface area contributed by atoms with Crippen molar-refractivity contribution in [3.05, 3.63) is 94.5 Å². The van der Waals surface area contributed by atoms with Crippen molar-refractivity contribution >= 4 is 12.1 Å². The van der Waals surface area contributed by atoms with Crippen molar-refractivity contribution in [1.82, 2.24) is 5.43 Å². The van der Waals surface area contributed by atoms with Crippen LogP contribution in [0.25, 0.3) is 0 Å².